The van der Waals surface area contributed by atoms with Crippen molar-refractivity contribution >= 4 is 17.8 Å². The van der Waals surface area contributed by atoms with Gasteiger partial charge in [0.05, 0.1) is 18.5 Å². The molecule has 0 radical (unpaired) electrons. The van der Waals surface area contributed by atoms with Crippen LogP contribution in [-0.4, -0.2) is 23.7 Å². The molecule has 0 aliphatic rings. The zero-order valence-electron chi connectivity index (χ0n) is 10.7. The van der Waals surface area contributed by atoms with Crippen LogP contribution < -0.4 is 10.7 Å². The van der Waals surface area contributed by atoms with E-state index < -0.39 is 0 Å². The third-order valence-corrected chi connectivity index (χ3v) is 2.49. The zero-order valence-corrected chi connectivity index (χ0v) is 10.7. The number of carbonyl (C=O) groups excluding carboxylic acids is 1. The summed E-state index contributed by atoms with van der Waals surface area (Å²) in [5, 5.41) is 6.88. The topological polar surface area (TPSA) is 69.3 Å². The van der Waals surface area contributed by atoms with Gasteiger partial charge in [-0.2, -0.15) is 5.10 Å². The average molecular weight is 256 g/mol. The number of hydrogen-bond acceptors (Lipinski definition) is 3. The fourth-order valence-corrected chi connectivity index (χ4v) is 1.58. The number of hydrogen-bond donors (Lipinski definition) is 3. The summed E-state index contributed by atoms with van der Waals surface area (Å²) in [6.07, 6.45) is 3.35. The number of benzene rings is 1. The van der Waals surface area contributed by atoms with Gasteiger partial charge in [0.25, 0.3) is 5.91 Å². The Morgan fingerprint density at radius 2 is 2.26 bits per heavy atom. The minimum absolute atomic E-state index is 0.186. The first-order valence-electron chi connectivity index (χ1n) is 6.00. The van der Waals surface area contributed by atoms with Gasteiger partial charge in [0.15, 0.2) is 0 Å². The minimum Gasteiger partial charge on any atom is -0.376 e. The number of carbonyl (C=O) groups is 1. The van der Waals surface area contributed by atoms with E-state index in [2.05, 4.69) is 20.8 Å². The lowest BCUT2D eigenvalue weighted by molar-refractivity contribution is -0.119. The number of nitrogens with zero attached hydrogens (tertiary/aromatic N) is 1. The Morgan fingerprint density at radius 1 is 1.37 bits per heavy atom. The molecule has 0 spiro atoms. The molecule has 0 aliphatic carbocycles. The van der Waals surface area contributed by atoms with E-state index in [1.54, 1.807) is 12.4 Å². The number of aromatic nitrogens is 1. The van der Waals surface area contributed by atoms with Crippen LogP contribution in [0.4, 0.5) is 5.69 Å². The maximum absolute atomic E-state index is 11.5. The molecular formula is C14H16N4O. The van der Waals surface area contributed by atoms with Gasteiger partial charge in [0, 0.05) is 11.9 Å². The fourth-order valence-electron chi connectivity index (χ4n) is 1.58. The first-order valence-corrected chi connectivity index (χ1v) is 6.00. The highest BCUT2D eigenvalue weighted by Crippen LogP contribution is 2.08. The molecule has 5 nitrogen and oxygen atoms in total. The van der Waals surface area contributed by atoms with Crippen LogP contribution in [0.15, 0.2) is 47.7 Å². The maximum Gasteiger partial charge on any atom is 0.259 e. The Balaban J connectivity index is 1.76. The zero-order chi connectivity index (χ0) is 13.5. The lowest BCUT2D eigenvalue weighted by Crippen LogP contribution is -2.25. The van der Waals surface area contributed by atoms with Gasteiger partial charge in [-0.15, -0.1) is 0 Å². The van der Waals surface area contributed by atoms with Crippen LogP contribution in [0.5, 0.6) is 0 Å². The Morgan fingerprint density at radius 3 is 3.00 bits per heavy atom. The van der Waals surface area contributed by atoms with Crippen LogP contribution in [0.2, 0.25) is 0 Å². The van der Waals surface area contributed by atoms with Crippen molar-refractivity contribution in [2.24, 2.45) is 5.10 Å². The van der Waals surface area contributed by atoms with E-state index in [0.717, 1.165) is 16.9 Å². The molecule has 0 unspecified atom stereocenters. The van der Waals surface area contributed by atoms with Crippen LogP contribution in [0.25, 0.3) is 0 Å². The van der Waals surface area contributed by atoms with Crippen molar-refractivity contribution in [1.29, 1.82) is 0 Å². The number of aryl methyl sites for hydroxylation is 1. The second kappa shape index (κ2) is 6.39. The van der Waals surface area contributed by atoms with Crippen LogP contribution in [-0.2, 0) is 4.79 Å². The van der Waals surface area contributed by atoms with Gasteiger partial charge in [-0.25, -0.2) is 5.43 Å². The van der Waals surface area contributed by atoms with E-state index >= 15 is 0 Å². The SMILES string of the molecule is Cc1cccc(NCC(=O)N/N=C/c2ccc[nH]2)c1. The lowest BCUT2D eigenvalue weighted by atomic mass is 10.2. The van der Waals surface area contributed by atoms with E-state index in [-0.39, 0.29) is 12.5 Å². The highest BCUT2D eigenvalue weighted by Gasteiger charge is 1.99. The monoisotopic (exact) mass is 256 g/mol. The second-order valence-corrected chi connectivity index (χ2v) is 4.14. The number of aromatic amines is 1. The van der Waals surface area contributed by atoms with Crippen molar-refractivity contribution in [3.8, 4) is 0 Å². The number of nitrogens with one attached hydrogen (secondary N) is 3. The Labute approximate surface area is 111 Å². The smallest absolute Gasteiger partial charge is 0.259 e. The van der Waals surface area contributed by atoms with E-state index in [4.69, 9.17) is 0 Å². The van der Waals surface area contributed by atoms with E-state index in [9.17, 15) is 4.79 Å². The molecule has 0 saturated heterocycles. The molecule has 1 amide bonds. The summed E-state index contributed by atoms with van der Waals surface area (Å²) in [6, 6.07) is 11.6. The number of rotatable bonds is 5. The molecule has 1 aromatic heterocycles. The summed E-state index contributed by atoms with van der Waals surface area (Å²) in [4.78, 5) is 14.5. The van der Waals surface area contributed by atoms with Gasteiger partial charge in [-0.1, -0.05) is 12.1 Å². The molecule has 5 heteroatoms. The fraction of sp³-hybridized carbons (Fsp3) is 0.143. The van der Waals surface area contributed by atoms with E-state index in [0.29, 0.717) is 0 Å². The molecule has 0 saturated carbocycles. The number of anilines is 1. The molecule has 1 heterocycles. The van der Waals surface area contributed by atoms with Crippen molar-refractivity contribution in [2.75, 3.05) is 11.9 Å². The highest BCUT2D eigenvalue weighted by molar-refractivity contribution is 5.83. The molecule has 19 heavy (non-hydrogen) atoms. The largest absolute Gasteiger partial charge is 0.376 e. The number of hydrazone groups is 1. The number of H-pyrrole nitrogens is 1. The van der Waals surface area contributed by atoms with Crippen molar-refractivity contribution < 1.29 is 4.79 Å². The Kier molecular flexibility index (Phi) is 4.34. The molecule has 0 atom stereocenters. The van der Waals surface area contributed by atoms with Gasteiger partial charge >= 0.3 is 0 Å². The minimum atomic E-state index is -0.190. The van der Waals surface area contributed by atoms with Crippen LogP contribution >= 0.6 is 0 Å². The van der Waals surface area contributed by atoms with E-state index in [1.807, 2.05) is 43.3 Å². The first kappa shape index (κ1) is 12.9. The summed E-state index contributed by atoms with van der Waals surface area (Å²) >= 11 is 0. The third kappa shape index (κ3) is 4.31. The standard InChI is InChI=1S/C14H16N4O/c1-11-4-2-5-12(8-11)16-10-14(19)18-17-9-13-6-3-7-15-13/h2-9,15-16H,10H2,1H3,(H,18,19)/b17-9+. The molecule has 0 bridgehead atoms. The predicted octanol–water partition coefficient (Wildman–Crippen LogP) is 1.89. The van der Waals surface area contributed by atoms with Crippen molar-refractivity contribution in [3.63, 3.8) is 0 Å². The third-order valence-electron chi connectivity index (χ3n) is 2.49. The van der Waals surface area contributed by atoms with Crippen LogP contribution in [0, 0.1) is 6.92 Å². The van der Waals surface area contributed by atoms with Crippen molar-refractivity contribution in [1.82, 2.24) is 10.4 Å². The van der Waals surface area contributed by atoms with Crippen molar-refractivity contribution in [2.45, 2.75) is 6.92 Å². The van der Waals surface area contributed by atoms with E-state index in [1.165, 1.54) is 0 Å². The van der Waals surface area contributed by atoms with Crippen LogP contribution in [0.1, 0.15) is 11.3 Å². The summed E-state index contributed by atoms with van der Waals surface area (Å²) in [5.74, 6) is -0.190. The quantitative estimate of drug-likeness (QED) is 0.564. The maximum atomic E-state index is 11.5. The molecular weight excluding hydrogens is 240 g/mol. The molecule has 1 aromatic carbocycles. The van der Waals surface area contributed by atoms with Gasteiger partial charge in [-0.05, 0) is 36.8 Å². The normalized spacial score (nSPS) is 10.6. The number of amides is 1. The predicted molar refractivity (Wildman–Crippen MR) is 76.2 cm³/mol. The summed E-state index contributed by atoms with van der Waals surface area (Å²) in [7, 11) is 0. The first-order chi connectivity index (χ1) is 9.24. The van der Waals surface area contributed by atoms with Gasteiger partial charge < -0.3 is 10.3 Å². The van der Waals surface area contributed by atoms with Gasteiger partial charge in [0.1, 0.15) is 0 Å². The van der Waals surface area contributed by atoms with Gasteiger partial charge in [0.2, 0.25) is 0 Å². The Hall–Kier alpha value is -2.56. The molecule has 2 rings (SSSR count). The van der Waals surface area contributed by atoms with Crippen LogP contribution in [0.3, 0.4) is 0 Å². The average Bonchev–Trinajstić information content (AvgIpc) is 2.90. The summed E-state index contributed by atoms with van der Waals surface area (Å²) in [5.41, 5.74) is 5.36. The Bertz CT molecular complexity index is 561. The summed E-state index contributed by atoms with van der Waals surface area (Å²) in [6.45, 7) is 2.19. The van der Waals surface area contributed by atoms with Gasteiger partial charge in [-0.3, -0.25) is 4.79 Å². The summed E-state index contributed by atoms with van der Waals surface area (Å²) < 4.78 is 0. The molecule has 98 valence electrons. The highest BCUT2D eigenvalue weighted by atomic mass is 16.2. The molecule has 0 aliphatic heterocycles. The molecule has 0 fully saturated rings. The second-order valence-electron chi connectivity index (χ2n) is 4.14. The molecule has 2 aromatic rings. The van der Waals surface area contributed by atoms with Crippen molar-refractivity contribution in [3.05, 3.63) is 53.9 Å². The lowest BCUT2D eigenvalue weighted by Gasteiger charge is -2.05. The molecule has 3 N–H and O–H groups in total.